The monoisotopic (exact) mass is 691 g/mol. The molecule has 2 rings (SSSR count). The van der Waals surface area contributed by atoms with Crippen LogP contribution in [0.25, 0.3) is 0 Å². The van der Waals surface area contributed by atoms with Gasteiger partial charge in [-0.3, -0.25) is 0 Å². The van der Waals surface area contributed by atoms with E-state index in [1.165, 1.54) is 44.5 Å². The molecular formula is C47H78O3. The fraction of sp³-hybridized carbons (Fsp3) is 0.723. The summed E-state index contributed by atoms with van der Waals surface area (Å²) in [4.78, 5) is 12.3. The molecule has 0 bridgehead atoms. The first-order valence-corrected chi connectivity index (χ1v) is 19.7. The van der Waals surface area contributed by atoms with E-state index in [9.17, 15) is 4.79 Å². The average molecular weight is 691 g/mol. The molecular weight excluding hydrogens is 613 g/mol. The molecule has 0 N–H and O–H groups in total. The first kappa shape index (κ1) is 43.9. The van der Waals surface area contributed by atoms with E-state index < -0.39 is 6.16 Å². The third kappa shape index (κ3) is 13.0. The van der Waals surface area contributed by atoms with Crippen LogP contribution in [-0.4, -0.2) is 19.4 Å². The Hall–Kier alpha value is -2.29. The maximum atomic E-state index is 12.3. The van der Waals surface area contributed by atoms with Crippen molar-refractivity contribution in [2.45, 2.75) is 208 Å². The number of unbranched alkanes of at least 4 members (excludes halogenated alkanes) is 4. The normalized spacial score (nSPS) is 13.5. The molecule has 2 aromatic carbocycles. The molecule has 0 spiro atoms. The Bertz CT molecular complexity index is 1290. The van der Waals surface area contributed by atoms with Gasteiger partial charge in [0, 0.05) is 0 Å². The van der Waals surface area contributed by atoms with Crippen molar-refractivity contribution in [2.24, 2.45) is 0 Å². The Morgan fingerprint density at radius 2 is 0.640 bits per heavy atom. The van der Waals surface area contributed by atoms with Crippen LogP contribution in [0.1, 0.15) is 208 Å². The highest BCUT2D eigenvalue weighted by Gasteiger charge is 2.31. The third-order valence-electron chi connectivity index (χ3n) is 9.96. The number of carbonyl (C=O) groups excluding carboxylic acids is 1. The van der Waals surface area contributed by atoms with Crippen molar-refractivity contribution in [3.63, 3.8) is 0 Å². The second-order valence-electron chi connectivity index (χ2n) is 21.2. The molecule has 0 heterocycles. The summed E-state index contributed by atoms with van der Waals surface area (Å²) in [6.45, 7) is 42.7. The zero-order valence-corrected chi connectivity index (χ0v) is 36.1. The van der Waals surface area contributed by atoms with Crippen LogP contribution in [0.3, 0.4) is 0 Å². The van der Waals surface area contributed by atoms with Crippen LogP contribution < -0.4 is 0 Å². The second-order valence-corrected chi connectivity index (χ2v) is 21.2. The topological polar surface area (TPSA) is 35.5 Å². The lowest BCUT2D eigenvalue weighted by molar-refractivity contribution is 0.0529. The summed E-state index contributed by atoms with van der Waals surface area (Å²) in [5.41, 5.74) is 12.2. The van der Waals surface area contributed by atoms with E-state index in [2.05, 4.69) is 149 Å². The molecule has 0 amide bonds. The van der Waals surface area contributed by atoms with Gasteiger partial charge in [-0.25, -0.2) is 4.79 Å². The molecule has 0 saturated heterocycles. The Balaban J connectivity index is 1.85. The number of benzene rings is 2. The number of rotatable bonds is 12. The summed E-state index contributed by atoms with van der Waals surface area (Å²) >= 11 is 0. The number of aryl methyl sites for hydroxylation is 2. The Labute approximate surface area is 310 Å². The molecule has 0 fully saturated rings. The number of hydrogen-bond acceptors (Lipinski definition) is 3. The first-order valence-electron chi connectivity index (χ1n) is 19.7. The minimum Gasteiger partial charge on any atom is -0.434 e. The van der Waals surface area contributed by atoms with Crippen molar-refractivity contribution in [1.82, 2.24) is 0 Å². The Kier molecular flexibility index (Phi) is 14.6. The smallest absolute Gasteiger partial charge is 0.434 e. The van der Waals surface area contributed by atoms with Crippen molar-refractivity contribution in [2.75, 3.05) is 13.2 Å². The van der Waals surface area contributed by atoms with Crippen molar-refractivity contribution < 1.29 is 14.3 Å². The second kappa shape index (κ2) is 16.6. The van der Waals surface area contributed by atoms with Gasteiger partial charge in [-0.1, -0.05) is 149 Å². The molecule has 0 aliphatic heterocycles. The zero-order chi connectivity index (χ0) is 38.5. The maximum absolute atomic E-state index is 12.3. The average Bonchev–Trinajstić information content (AvgIpc) is 2.92. The molecule has 2 aromatic rings. The molecule has 0 atom stereocenters. The van der Waals surface area contributed by atoms with E-state index in [1.807, 2.05) is 0 Å². The van der Waals surface area contributed by atoms with Crippen LogP contribution in [0.15, 0.2) is 24.3 Å². The van der Waals surface area contributed by atoms with E-state index in [-0.39, 0.29) is 32.5 Å². The van der Waals surface area contributed by atoms with Gasteiger partial charge < -0.3 is 9.47 Å². The summed E-state index contributed by atoms with van der Waals surface area (Å²) < 4.78 is 10.9. The van der Waals surface area contributed by atoms with Crippen LogP contribution in [0.4, 0.5) is 4.79 Å². The van der Waals surface area contributed by atoms with Crippen molar-refractivity contribution in [1.29, 1.82) is 0 Å². The van der Waals surface area contributed by atoms with E-state index in [4.69, 9.17) is 9.47 Å². The molecule has 0 saturated carbocycles. The minimum atomic E-state index is -0.532. The highest BCUT2D eigenvalue weighted by molar-refractivity contribution is 5.59. The first-order chi connectivity index (χ1) is 22.5. The standard InChI is InChI=1S/C47H78O3/c1-42(2,3)35-31-39(46(13,14)15)37(44(7,8)9)29-33(35)25-21-19-23-27-49-41(48)50-28-24-20-22-26-34-30-38(45(10,11)12)40(47(16,17)18)32-36(34)43(4,5)6/h29-32H,19-28H2,1-18H3. The van der Waals surface area contributed by atoms with Crippen LogP contribution in [0.5, 0.6) is 0 Å². The van der Waals surface area contributed by atoms with Gasteiger partial charge >= 0.3 is 6.16 Å². The van der Waals surface area contributed by atoms with Gasteiger partial charge in [-0.2, -0.15) is 0 Å². The SMILES string of the molecule is CC(C)(C)c1cc(C(C)(C)C)c(C(C)(C)C)cc1CCCCCOC(=O)OCCCCCc1cc(C(C)(C)C)c(C(C)(C)C)cc1C(C)(C)C. The van der Waals surface area contributed by atoms with Crippen molar-refractivity contribution in [3.8, 4) is 0 Å². The minimum absolute atomic E-state index is 0.0848. The molecule has 0 aliphatic rings. The fourth-order valence-electron chi connectivity index (χ4n) is 7.12. The Morgan fingerprint density at radius 1 is 0.380 bits per heavy atom. The molecule has 3 nitrogen and oxygen atoms in total. The van der Waals surface area contributed by atoms with Crippen LogP contribution in [0, 0.1) is 0 Å². The molecule has 50 heavy (non-hydrogen) atoms. The zero-order valence-electron chi connectivity index (χ0n) is 36.1. The van der Waals surface area contributed by atoms with Crippen LogP contribution >= 0.6 is 0 Å². The quantitative estimate of drug-likeness (QED) is 0.164. The van der Waals surface area contributed by atoms with E-state index in [0.29, 0.717) is 13.2 Å². The van der Waals surface area contributed by atoms with Gasteiger partial charge in [0.15, 0.2) is 0 Å². The fourth-order valence-corrected chi connectivity index (χ4v) is 7.12. The van der Waals surface area contributed by atoms with Crippen molar-refractivity contribution >= 4 is 6.16 Å². The molecule has 0 radical (unpaired) electrons. The number of hydrogen-bond donors (Lipinski definition) is 0. The lowest BCUT2D eigenvalue weighted by Crippen LogP contribution is -2.25. The predicted molar refractivity (Wildman–Crippen MR) is 217 cm³/mol. The Morgan fingerprint density at radius 3 is 0.900 bits per heavy atom. The van der Waals surface area contributed by atoms with E-state index in [1.54, 1.807) is 0 Å². The number of ether oxygens (including phenoxy) is 2. The summed E-state index contributed by atoms with van der Waals surface area (Å²) in [6, 6.07) is 9.96. The highest BCUT2D eigenvalue weighted by atomic mass is 16.7. The van der Waals surface area contributed by atoms with Crippen LogP contribution in [0.2, 0.25) is 0 Å². The summed E-state index contributed by atoms with van der Waals surface area (Å²) in [7, 11) is 0. The van der Waals surface area contributed by atoms with E-state index in [0.717, 1.165) is 51.4 Å². The third-order valence-corrected chi connectivity index (χ3v) is 9.96. The molecule has 3 heteroatoms. The van der Waals surface area contributed by atoms with Gasteiger partial charge in [0.2, 0.25) is 0 Å². The van der Waals surface area contributed by atoms with Gasteiger partial charge in [-0.15, -0.1) is 0 Å². The molecule has 0 aliphatic carbocycles. The molecule has 284 valence electrons. The molecule has 0 unspecified atom stereocenters. The molecule has 0 aromatic heterocycles. The van der Waals surface area contributed by atoms with Crippen molar-refractivity contribution in [3.05, 3.63) is 68.8 Å². The highest BCUT2D eigenvalue weighted by Crippen LogP contribution is 2.41. The number of carbonyl (C=O) groups is 1. The summed E-state index contributed by atoms with van der Waals surface area (Å²) in [5.74, 6) is 0. The van der Waals surface area contributed by atoms with Crippen LogP contribution in [-0.2, 0) is 54.8 Å². The maximum Gasteiger partial charge on any atom is 0.508 e. The lowest BCUT2D eigenvalue weighted by Gasteiger charge is -2.34. The summed E-state index contributed by atoms with van der Waals surface area (Å²) in [6.07, 6.45) is 7.45. The largest absolute Gasteiger partial charge is 0.508 e. The summed E-state index contributed by atoms with van der Waals surface area (Å²) in [5, 5.41) is 0. The van der Waals surface area contributed by atoms with Gasteiger partial charge in [-0.05, 0) is 128 Å². The van der Waals surface area contributed by atoms with Gasteiger partial charge in [0.25, 0.3) is 0 Å². The lowest BCUT2D eigenvalue weighted by atomic mass is 9.70. The van der Waals surface area contributed by atoms with Gasteiger partial charge in [0.05, 0.1) is 13.2 Å². The van der Waals surface area contributed by atoms with Gasteiger partial charge in [0.1, 0.15) is 0 Å². The predicted octanol–water partition coefficient (Wildman–Crippen LogP) is 13.8. The van der Waals surface area contributed by atoms with E-state index >= 15 is 0 Å².